The SMILES string of the molecule is Cc1ccsc1C(=O)N[C@@H]1CCOC[C@H]1OCc1ccccc1. The number of hydrogen-bond donors (Lipinski definition) is 1. The van der Waals surface area contributed by atoms with Crippen molar-refractivity contribution < 1.29 is 14.3 Å². The fraction of sp³-hybridized carbons (Fsp3) is 0.389. The van der Waals surface area contributed by atoms with E-state index in [0.717, 1.165) is 22.4 Å². The predicted molar refractivity (Wildman–Crippen MR) is 90.8 cm³/mol. The third-order valence-electron chi connectivity index (χ3n) is 4.00. The number of ether oxygens (including phenoxy) is 2. The van der Waals surface area contributed by atoms with Gasteiger partial charge in [0.25, 0.3) is 5.91 Å². The largest absolute Gasteiger partial charge is 0.379 e. The smallest absolute Gasteiger partial charge is 0.261 e. The van der Waals surface area contributed by atoms with E-state index in [-0.39, 0.29) is 18.1 Å². The van der Waals surface area contributed by atoms with Crippen LogP contribution in [0.4, 0.5) is 0 Å². The zero-order valence-electron chi connectivity index (χ0n) is 13.2. The van der Waals surface area contributed by atoms with Crippen molar-refractivity contribution in [3.8, 4) is 0 Å². The Labute approximate surface area is 140 Å². The molecule has 1 saturated heterocycles. The molecule has 0 unspecified atom stereocenters. The Morgan fingerprint density at radius 1 is 1.35 bits per heavy atom. The molecule has 1 aromatic carbocycles. The van der Waals surface area contributed by atoms with Gasteiger partial charge in [0.1, 0.15) is 6.10 Å². The van der Waals surface area contributed by atoms with Gasteiger partial charge in [0.05, 0.1) is 24.1 Å². The van der Waals surface area contributed by atoms with Gasteiger partial charge in [-0.3, -0.25) is 4.79 Å². The lowest BCUT2D eigenvalue weighted by Crippen LogP contribution is -2.49. The lowest BCUT2D eigenvalue weighted by molar-refractivity contribution is -0.0735. The molecule has 0 saturated carbocycles. The molecule has 1 aliphatic rings. The Kier molecular flexibility index (Phi) is 5.43. The molecule has 0 radical (unpaired) electrons. The molecule has 5 heteroatoms. The Morgan fingerprint density at radius 2 is 2.17 bits per heavy atom. The second kappa shape index (κ2) is 7.73. The van der Waals surface area contributed by atoms with Crippen LogP contribution in [-0.4, -0.2) is 31.3 Å². The van der Waals surface area contributed by atoms with E-state index in [2.05, 4.69) is 5.32 Å². The standard InChI is InChI=1S/C18H21NO3S/c1-13-8-10-23-17(13)18(20)19-15-7-9-21-12-16(15)22-11-14-5-3-2-4-6-14/h2-6,8,10,15-16H,7,9,11-12H2,1H3,(H,19,20)/t15-,16-/m1/s1. The third kappa shape index (κ3) is 4.19. The number of carbonyl (C=O) groups is 1. The van der Waals surface area contributed by atoms with Gasteiger partial charge in [-0.05, 0) is 35.9 Å². The molecule has 2 atom stereocenters. The summed E-state index contributed by atoms with van der Waals surface area (Å²) in [7, 11) is 0. The second-order valence-electron chi connectivity index (χ2n) is 5.71. The highest BCUT2D eigenvalue weighted by Gasteiger charge is 2.28. The topological polar surface area (TPSA) is 47.6 Å². The van der Waals surface area contributed by atoms with Gasteiger partial charge in [-0.2, -0.15) is 0 Å². The van der Waals surface area contributed by atoms with Crippen LogP contribution in [0.25, 0.3) is 0 Å². The molecular formula is C18H21NO3S. The molecule has 1 fully saturated rings. The van der Waals surface area contributed by atoms with E-state index >= 15 is 0 Å². The number of nitrogens with one attached hydrogen (secondary N) is 1. The fourth-order valence-corrected chi connectivity index (χ4v) is 3.49. The molecule has 1 aliphatic heterocycles. The van der Waals surface area contributed by atoms with Crippen molar-refractivity contribution in [1.82, 2.24) is 5.32 Å². The molecule has 1 amide bonds. The molecule has 3 rings (SSSR count). The Balaban J connectivity index is 1.60. The maximum atomic E-state index is 12.4. The molecule has 122 valence electrons. The molecule has 2 heterocycles. The van der Waals surface area contributed by atoms with E-state index < -0.39 is 0 Å². The first-order valence-corrected chi connectivity index (χ1v) is 8.70. The van der Waals surface area contributed by atoms with Crippen LogP contribution >= 0.6 is 11.3 Å². The van der Waals surface area contributed by atoms with Crippen LogP contribution in [0.2, 0.25) is 0 Å². The van der Waals surface area contributed by atoms with Crippen molar-refractivity contribution in [3.63, 3.8) is 0 Å². The van der Waals surface area contributed by atoms with Gasteiger partial charge in [-0.15, -0.1) is 11.3 Å². The van der Waals surface area contributed by atoms with E-state index in [0.29, 0.717) is 19.8 Å². The average Bonchev–Trinajstić information content (AvgIpc) is 3.01. The predicted octanol–water partition coefficient (Wildman–Crippen LogP) is 3.16. The number of hydrogen-bond acceptors (Lipinski definition) is 4. The minimum atomic E-state index is -0.117. The van der Waals surface area contributed by atoms with Gasteiger partial charge < -0.3 is 14.8 Å². The summed E-state index contributed by atoms with van der Waals surface area (Å²) < 4.78 is 11.5. The van der Waals surface area contributed by atoms with Crippen molar-refractivity contribution in [1.29, 1.82) is 0 Å². The van der Waals surface area contributed by atoms with Crippen LogP contribution in [0.1, 0.15) is 27.2 Å². The maximum Gasteiger partial charge on any atom is 0.261 e. The van der Waals surface area contributed by atoms with Crippen LogP contribution in [0.5, 0.6) is 0 Å². The Bertz CT molecular complexity index is 641. The van der Waals surface area contributed by atoms with Gasteiger partial charge in [-0.1, -0.05) is 30.3 Å². The molecule has 1 aromatic heterocycles. The third-order valence-corrected chi connectivity index (χ3v) is 5.01. The van der Waals surface area contributed by atoms with Crippen LogP contribution in [0.15, 0.2) is 41.8 Å². The summed E-state index contributed by atoms with van der Waals surface area (Å²) in [5, 5.41) is 5.06. The summed E-state index contributed by atoms with van der Waals surface area (Å²) >= 11 is 1.47. The van der Waals surface area contributed by atoms with Crippen molar-refractivity contribution in [2.24, 2.45) is 0 Å². The molecule has 4 nitrogen and oxygen atoms in total. The number of amides is 1. The molecule has 0 aliphatic carbocycles. The lowest BCUT2D eigenvalue weighted by Gasteiger charge is -2.32. The first kappa shape index (κ1) is 16.2. The van der Waals surface area contributed by atoms with Crippen LogP contribution in [-0.2, 0) is 16.1 Å². The highest BCUT2D eigenvalue weighted by atomic mass is 32.1. The number of rotatable bonds is 5. The molecular weight excluding hydrogens is 310 g/mol. The summed E-state index contributed by atoms with van der Waals surface area (Å²) in [5.41, 5.74) is 2.14. The van der Waals surface area contributed by atoms with Crippen LogP contribution in [0.3, 0.4) is 0 Å². The number of carbonyl (C=O) groups excluding carboxylic acids is 1. The van der Waals surface area contributed by atoms with Crippen molar-refractivity contribution in [2.45, 2.75) is 32.1 Å². The highest BCUT2D eigenvalue weighted by Crippen LogP contribution is 2.18. The average molecular weight is 331 g/mol. The summed E-state index contributed by atoms with van der Waals surface area (Å²) in [6.07, 6.45) is 0.656. The maximum absolute atomic E-state index is 12.4. The van der Waals surface area contributed by atoms with Gasteiger partial charge >= 0.3 is 0 Å². The minimum Gasteiger partial charge on any atom is -0.379 e. The zero-order chi connectivity index (χ0) is 16.1. The Morgan fingerprint density at radius 3 is 2.91 bits per heavy atom. The quantitative estimate of drug-likeness (QED) is 0.915. The van der Waals surface area contributed by atoms with E-state index in [1.807, 2.05) is 48.7 Å². The normalized spacial score (nSPS) is 21.1. The summed E-state index contributed by atoms with van der Waals surface area (Å²) in [6.45, 7) is 3.65. The summed E-state index contributed by atoms with van der Waals surface area (Å²) in [5.74, 6) is -0.0160. The number of thiophene rings is 1. The number of aryl methyl sites for hydroxylation is 1. The van der Waals surface area contributed by atoms with Gasteiger partial charge in [-0.25, -0.2) is 0 Å². The van der Waals surface area contributed by atoms with E-state index in [1.165, 1.54) is 11.3 Å². The first-order chi connectivity index (χ1) is 11.2. The van der Waals surface area contributed by atoms with Gasteiger partial charge in [0.2, 0.25) is 0 Å². The molecule has 2 aromatic rings. The number of benzene rings is 1. The van der Waals surface area contributed by atoms with Crippen molar-refractivity contribution in [3.05, 3.63) is 57.8 Å². The van der Waals surface area contributed by atoms with E-state index in [4.69, 9.17) is 9.47 Å². The second-order valence-corrected chi connectivity index (χ2v) is 6.63. The van der Waals surface area contributed by atoms with Crippen molar-refractivity contribution in [2.75, 3.05) is 13.2 Å². The lowest BCUT2D eigenvalue weighted by atomic mass is 10.1. The zero-order valence-corrected chi connectivity index (χ0v) is 14.0. The summed E-state index contributed by atoms with van der Waals surface area (Å²) in [6, 6.07) is 12.0. The molecule has 1 N–H and O–H groups in total. The molecule has 0 bridgehead atoms. The monoisotopic (exact) mass is 331 g/mol. The molecule has 0 spiro atoms. The van der Waals surface area contributed by atoms with E-state index in [1.54, 1.807) is 0 Å². The first-order valence-electron chi connectivity index (χ1n) is 7.82. The van der Waals surface area contributed by atoms with E-state index in [9.17, 15) is 4.79 Å². The highest BCUT2D eigenvalue weighted by molar-refractivity contribution is 7.12. The van der Waals surface area contributed by atoms with Crippen LogP contribution in [0, 0.1) is 6.92 Å². The molecule has 23 heavy (non-hydrogen) atoms. The summed E-state index contributed by atoms with van der Waals surface area (Å²) in [4.78, 5) is 13.2. The van der Waals surface area contributed by atoms with Crippen molar-refractivity contribution >= 4 is 17.2 Å². The van der Waals surface area contributed by atoms with Gasteiger partial charge in [0, 0.05) is 6.61 Å². The van der Waals surface area contributed by atoms with Crippen LogP contribution < -0.4 is 5.32 Å². The Hall–Kier alpha value is -1.69. The fourth-order valence-electron chi connectivity index (χ4n) is 2.66. The van der Waals surface area contributed by atoms with Gasteiger partial charge in [0.15, 0.2) is 0 Å². The minimum absolute atomic E-state index is 0.0125.